The van der Waals surface area contributed by atoms with Crippen LogP contribution in [-0.2, 0) is 4.74 Å². The van der Waals surface area contributed by atoms with Gasteiger partial charge in [0.05, 0.1) is 19.3 Å². The zero-order chi connectivity index (χ0) is 9.56. The Hall–Kier alpha value is -0.380. The predicted octanol–water partition coefficient (Wildman–Crippen LogP) is 0.567. The maximum Gasteiger partial charge on any atom is 0.103 e. The standard InChI is InChI=1S/C9H18O3/c1-4-5-12-9(7(2)3)8(11)6-10/h4,7-11H,1,5-6H2,2-3H3/t8-,9-/m1/s1. The smallest absolute Gasteiger partial charge is 0.103 e. The van der Waals surface area contributed by atoms with E-state index in [1.165, 1.54) is 0 Å². The molecule has 2 N–H and O–H groups in total. The molecular formula is C9H18O3. The molecule has 0 bridgehead atoms. The molecule has 0 aliphatic rings. The summed E-state index contributed by atoms with van der Waals surface area (Å²) in [6, 6.07) is 0. The molecular weight excluding hydrogens is 156 g/mol. The largest absolute Gasteiger partial charge is 0.394 e. The van der Waals surface area contributed by atoms with Crippen LogP contribution >= 0.6 is 0 Å². The third-order valence-electron chi connectivity index (χ3n) is 1.63. The van der Waals surface area contributed by atoms with E-state index in [0.29, 0.717) is 6.61 Å². The van der Waals surface area contributed by atoms with Crippen molar-refractivity contribution in [2.24, 2.45) is 5.92 Å². The summed E-state index contributed by atoms with van der Waals surface area (Å²) < 4.78 is 5.28. The predicted molar refractivity (Wildman–Crippen MR) is 47.9 cm³/mol. The number of aliphatic hydroxyl groups excluding tert-OH is 2. The van der Waals surface area contributed by atoms with E-state index in [4.69, 9.17) is 9.84 Å². The van der Waals surface area contributed by atoms with E-state index < -0.39 is 6.10 Å². The molecule has 0 amide bonds. The Bertz CT molecular complexity index is 123. The van der Waals surface area contributed by atoms with Gasteiger partial charge in [0.1, 0.15) is 6.10 Å². The summed E-state index contributed by atoms with van der Waals surface area (Å²) in [5, 5.41) is 18.0. The molecule has 0 saturated carbocycles. The van der Waals surface area contributed by atoms with Gasteiger partial charge >= 0.3 is 0 Å². The van der Waals surface area contributed by atoms with E-state index in [1.807, 2.05) is 13.8 Å². The summed E-state index contributed by atoms with van der Waals surface area (Å²) in [6.07, 6.45) is 0.511. The Balaban J connectivity index is 3.93. The van der Waals surface area contributed by atoms with Crippen molar-refractivity contribution in [3.63, 3.8) is 0 Å². The fraction of sp³-hybridized carbons (Fsp3) is 0.778. The number of rotatable bonds is 6. The molecule has 0 unspecified atom stereocenters. The average Bonchev–Trinajstić information content (AvgIpc) is 2.04. The van der Waals surface area contributed by atoms with Crippen molar-refractivity contribution in [2.45, 2.75) is 26.1 Å². The first-order valence-electron chi connectivity index (χ1n) is 4.14. The van der Waals surface area contributed by atoms with Crippen LogP contribution in [0.15, 0.2) is 12.7 Å². The fourth-order valence-electron chi connectivity index (χ4n) is 1.03. The van der Waals surface area contributed by atoms with Gasteiger partial charge in [-0.1, -0.05) is 19.9 Å². The lowest BCUT2D eigenvalue weighted by atomic mass is 10.0. The molecule has 3 heteroatoms. The molecule has 0 spiro atoms. The summed E-state index contributed by atoms with van der Waals surface area (Å²) in [7, 11) is 0. The van der Waals surface area contributed by atoms with Crippen LogP contribution in [0.25, 0.3) is 0 Å². The highest BCUT2D eigenvalue weighted by atomic mass is 16.5. The molecule has 2 atom stereocenters. The molecule has 0 fully saturated rings. The maximum atomic E-state index is 9.31. The van der Waals surface area contributed by atoms with Crippen molar-refractivity contribution in [1.29, 1.82) is 0 Å². The first-order chi connectivity index (χ1) is 5.63. The monoisotopic (exact) mass is 174 g/mol. The van der Waals surface area contributed by atoms with Crippen molar-refractivity contribution >= 4 is 0 Å². The van der Waals surface area contributed by atoms with Crippen LogP contribution in [0.1, 0.15) is 13.8 Å². The molecule has 0 aliphatic heterocycles. The second kappa shape index (κ2) is 6.17. The minimum atomic E-state index is -0.801. The first-order valence-corrected chi connectivity index (χ1v) is 4.14. The molecule has 0 rings (SSSR count). The third kappa shape index (κ3) is 3.85. The molecule has 72 valence electrons. The van der Waals surface area contributed by atoms with Crippen molar-refractivity contribution in [3.05, 3.63) is 12.7 Å². The van der Waals surface area contributed by atoms with Gasteiger partial charge in [0.2, 0.25) is 0 Å². The molecule has 3 nitrogen and oxygen atoms in total. The van der Waals surface area contributed by atoms with Gasteiger partial charge in [-0.05, 0) is 5.92 Å². The van der Waals surface area contributed by atoms with Gasteiger partial charge in [0.25, 0.3) is 0 Å². The van der Waals surface area contributed by atoms with Crippen LogP contribution in [0.2, 0.25) is 0 Å². The summed E-state index contributed by atoms with van der Waals surface area (Å²) in [5.74, 6) is 0.187. The lowest BCUT2D eigenvalue weighted by molar-refractivity contribution is -0.0703. The number of hydrogen-bond donors (Lipinski definition) is 2. The van der Waals surface area contributed by atoms with Crippen LogP contribution < -0.4 is 0 Å². The minimum absolute atomic E-state index is 0.187. The molecule has 0 saturated heterocycles. The third-order valence-corrected chi connectivity index (χ3v) is 1.63. The zero-order valence-corrected chi connectivity index (χ0v) is 7.73. The highest BCUT2D eigenvalue weighted by molar-refractivity contribution is 4.74. The summed E-state index contributed by atoms with van der Waals surface area (Å²) in [4.78, 5) is 0. The summed E-state index contributed by atoms with van der Waals surface area (Å²) in [6.45, 7) is 7.52. The SMILES string of the molecule is C=CCO[C@H](C(C)C)[C@H](O)CO. The van der Waals surface area contributed by atoms with Crippen LogP contribution in [0.5, 0.6) is 0 Å². The van der Waals surface area contributed by atoms with Crippen molar-refractivity contribution < 1.29 is 14.9 Å². The van der Waals surface area contributed by atoms with Crippen LogP contribution in [0.3, 0.4) is 0 Å². The quantitative estimate of drug-likeness (QED) is 0.579. The van der Waals surface area contributed by atoms with E-state index in [9.17, 15) is 5.11 Å². The maximum absolute atomic E-state index is 9.31. The molecule has 0 aromatic rings. The van der Waals surface area contributed by atoms with Gasteiger partial charge in [0, 0.05) is 0 Å². The van der Waals surface area contributed by atoms with Crippen molar-refractivity contribution in [1.82, 2.24) is 0 Å². The Kier molecular flexibility index (Phi) is 5.98. The van der Waals surface area contributed by atoms with E-state index in [0.717, 1.165) is 0 Å². The van der Waals surface area contributed by atoms with Gasteiger partial charge in [0.15, 0.2) is 0 Å². The summed E-state index contributed by atoms with van der Waals surface area (Å²) >= 11 is 0. The molecule has 12 heavy (non-hydrogen) atoms. The first kappa shape index (κ1) is 11.6. The molecule has 0 aromatic carbocycles. The number of aliphatic hydroxyl groups is 2. The average molecular weight is 174 g/mol. The van der Waals surface area contributed by atoms with Crippen LogP contribution in [0, 0.1) is 5.92 Å². The minimum Gasteiger partial charge on any atom is -0.394 e. The Morgan fingerprint density at radius 1 is 1.50 bits per heavy atom. The van der Waals surface area contributed by atoms with Crippen molar-refractivity contribution in [3.8, 4) is 0 Å². The van der Waals surface area contributed by atoms with E-state index >= 15 is 0 Å². The number of hydrogen-bond acceptors (Lipinski definition) is 3. The van der Waals surface area contributed by atoms with Gasteiger partial charge in [-0.25, -0.2) is 0 Å². The van der Waals surface area contributed by atoms with E-state index in [1.54, 1.807) is 6.08 Å². The molecule has 0 aliphatic carbocycles. The lowest BCUT2D eigenvalue weighted by Gasteiger charge is -2.24. The summed E-state index contributed by atoms with van der Waals surface area (Å²) in [5.41, 5.74) is 0. The topological polar surface area (TPSA) is 49.7 Å². The van der Waals surface area contributed by atoms with Gasteiger partial charge in [-0.3, -0.25) is 0 Å². The molecule has 0 heterocycles. The van der Waals surface area contributed by atoms with Crippen LogP contribution in [-0.4, -0.2) is 35.6 Å². The van der Waals surface area contributed by atoms with Gasteiger partial charge < -0.3 is 14.9 Å². The van der Waals surface area contributed by atoms with E-state index in [2.05, 4.69) is 6.58 Å². The Morgan fingerprint density at radius 3 is 2.42 bits per heavy atom. The van der Waals surface area contributed by atoms with Crippen molar-refractivity contribution in [2.75, 3.05) is 13.2 Å². The Labute approximate surface area is 73.7 Å². The highest BCUT2D eigenvalue weighted by Gasteiger charge is 2.21. The normalized spacial score (nSPS) is 16.1. The van der Waals surface area contributed by atoms with E-state index in [-0.39, 0.29) is 18.6 Å². The zero-order valence-electron chi connectivity index (χ0n) is 7.73. The highest BCUT2D eigenvalue weighted by Crippen LogP contribution is 2.10. The van der Waals surface area contributed by atoms with Crippen LogP contribution in [0.4, 0.5) is 0 Å². The second-order valence-corrected chi connectivity index (χ2v) is 3.08. The second-order valence-electron chi connectivity index (χ2n) is 3.08. The number of ether oxygens (including phenoxy) is 1. The van der Waals surface area contributed by atoms with Gasteiger partial charge in [-0.15, -0.1) is 6.58 Å². The van der Waals surface area contributed by atoms with Gasteiger partial charge in [-0.2, -0.15) is 0 Å². The lowest BCUT2D eigenvalue weighted by Crippen LogP contribution is -2.36. The Morgan fingerprint density at radius 2 is 2.08 bits per heavy atom. The molecule has 0 aromatic heterocycles. The molecule has 0 radical (unpaired) electrons. The fourth-order valence-corrected chi connectivity index (χ4v) is 1.03.